The molecule has 2 unspecified atom stereocenters. The number of H-pyrrole nitrogens is 1. The molecule has 1 fully saturated rings. The Bertz CT molecular complexity index is 3410. The van der Waals surface area contributed by atoms with Crippen molar-refractivity contribution in [2.45, 2.75) is 119 Å². The Morgan fingerprint density at radius 3 is 1.87 bits per heavy atom. The molecule has 41 heteroatoms. The first kappa shape index (κ1) is 91.1. The predicted octanol–water partition coefficient (Wildman–Crippen LogP) is -5.05. The molecule has 2 aromatic rings. The van der Waals surface area contributed by atoms with Crippen LogP contribution in [0.15, 0.2) is 29.1 Å². The van der Waals surface area contributed by atoms with Gasteiger partial charge < -0.3 is 126 Å². The summed E-state index contributed by atoms with van der Waals surface area (Å²) in [5.41, 5.74) is 12.7. The van der Waals surface area contributed by atoms with Gasteiger partial charge in [-0.2, -0.15) is 11.8 Å². The molecule has 618 valence electrons. The maximum absolute atomic E-state index is 15.3. The lowest BCUT2D eigenvalue weighted by molar-refractivity contribution is -0.144. The Morgan fingerprint density at radius 1 is 0.718 bits per heavy atom. The van der Waals surface area contributed by atoms with E-state index in [4.69, 9.17) is 53.5 Å². The fraction of sp³-hybridized carbons (Fsp3) is 0.696. The summed E-state index contributed by atoms with van der Waals surface area (Å²) in [7, 11) is -2.48. The van der Waals surface area contributed by atoms with Gasteiger partial charge in [0, 0.05) is 72.2 Å². The Labute approximate surface area is 643 Å². The number of fused-ring (bicyclic) bond motifs is 5. The van der Waals surface area contributed by atoms with Crippen LogP contribution in [-0.4, -0.2) is 322 Å². The number of rotatable bonds is 44. The summed E-state index contributed by atoms with van der Waals surface area (Å²) in [6.07, 6.45) is -3.43. The van der Waals surface area contributed by atoms with Gasteiger partial charge in [-0.1, -0.05) is 34.1 Å². The number of thioether (sulfide) groups is 1. The number of carboxylic acids is 1. The van der Waals surface area contributed by atoms with Crippen LogP contribution in [0, 0.1) is 23.7 Å². The fourth-order valence-corrected chi connectivity index (χ4v) is 14.1. The predicted molar refractivity (Wildman–Crippen MR) is 392 cm³/mol. The van der Waals surface area contributed by atoms with Gasteiger partial charge in [0.1, 0.15) is 41.0 Å². The van der Waals surface area contributed by atoms with Crippen LogP contribution in [0.25, 0.3) is 10.9 Å². The van der Waals surface area contributed by atoms with Crippen molar-refractivity contribution in [3.63, 3.8) is 0 Å². The fourth-order valence-electron chi connectivity index (χ4n) is 11.9. The number of nitrogens with two attached hydrogens (primary N) is 1. The molecule has 1 aromatic carbocycles. The minimum Gasteiger partial charge on any atom is -0.508 e. The maximum Gasteiger partial charge on any atom is 0.304 e. The zero-order chi connectivity index (χ0) is 80.1. The van der Waals surface area contributed by atoms with Crippen molar-refractivity contribution in [1.82, 2.24) is 63.1 Å². The standard InChI is InChI=1S/C69H109N13O26S2/c1-5-41(2)48-29-45(84)34-72-64(94)51-31-49-47-6-7-55(86)50(39-109-27-26-108-25-24-107-23-22-106-21-20-105-19-18-104-17-16-103-15-14-102-13-12-101-11-10-100-9-8-81-36-44(79-80-81)33-71-62(92)42(3)28-59(90)91)61(47)78-68(49)110(99)40-53(74-58(89)35-73-63(48)93)65(95)76-52(32-57(70)88)69(98)82-37-46(85)30-54(82)66(96)77-60(67(97)75-51)43(4)56(87)38-83/h6-7,36,41-43,46,48,51-54,56,60,78-80,83,85-87H,5,8-35,37-40H2,1-4H3,(H2,70,88)(H,71,92)(H,72,94)(H,73,93)(H,74,89)(H,75,97)(H,76,95)(H,77,96)(H,90,91)/t41-,42?,43-,46+,48-,51-,52-,53+,54-,56-,60-,110?/m0/s1. The molecule has 39 nitrogen and oxygen atoms in total. The number of benzene rings is 1. The molecule has 0 spiro atoms. The number of ether oxygens (including phenoxy) is 9. The number of primary amides is 1. The number of nitrogens with zero attached hydrogens (tertiary/aromatic N) is 2. The molecule has 12 atom stereocenters. The summed E-state index contributed by atoms with van der Waals surface area (Å²) in [6, 6.07) is -6.14. The summed E-state index contributed by atoms with van der Waals surface area (Å²) in [5, 5.41) is 71.8. The van der Waals surface area contributed by atoms with Crippen LogP contribution in [-0.2, 0) is 118 Å². The monoisotopic (exact) mass is 1600 g/mol. The number of aliphatic hydroxyl groups is 3. The Morgan fingerprint density at radius 2 is 1.30 bits per heavy atom. The summed E-state index contributed by atoms with van der Waals surface area (Å²) >= 11 is 1.34. The van der Waals surface area contributed by atoms with Crippen LogP contribution in [0.4, 0.5) is 0 Å². The molecule has 0 aliphatic carbocycles. The second-order valence-electron chi connectivity index (χ2n) is 26.6. The molecule has 0 saturated carbocycles. The van der Waals surface area contributed by atoms with E-state index in [0.717, 1.165) is 10.6 Å². The highest BCUT2D eigenvalue weighted by Gasteiger charge is 2.45. The average Bonchev–Trinajstić information content (AvgIpc) is 1.61. The molecule has 1 aromatic heterocycles. The molecule has 17 N–H and O–H groups in total. The average molecular weight is 1600 g/mol. The van der Waals surface area contributed by atoms with Gasteiger partial charge in [0.05, 0.1) is 205 Å². The molecule has 4 aliphatic rings. The van der Waals surface area contributed by atoms with Gasteiger partial charge in [0.15, 0.2) is 5.78 Å². The van der Waals surface area contributed by atoms with Crippen molar-refractivity contribution in [2.24, 2.45) is 29.4 Å². The number of nitrogens with one attached hydrogen (secondary N) is 10. The topological polar surface area (TPSA) is 546 Å². The molecule has 1 saturated heterocycles. The number of aromatic nitrogens is 1. The van der Waals surface area contributed by atoms with Gasteiger partial charge in [0.2, 0.25) is 53.2 Å². The first-order valence-corrected chi connectivity index (χ1v) is 39.1. The van der Waals surface area contributed by atoms with Gasteiger partial charge >= 0.3 is 5.97 Å². The van der Waals surface area contributed by atoms with Crippen LogP contribution in [0.3, 0.4) is 0 Å². The summed E-state index contributed by atoms with van der Waals surface area (Å²) in [6.45, 7) is 10.6. The first-order valence-electron chi connectivity index (χ1n) is 36.6. The number of amides is 9. The number of hydrogen-bond acceptors (Lipinski definition) is 29. The van der Waals surface area contributed by atoms with Gasteiger partial charge in [0.25, 0.3) is 0 Å². The lowest BCUT2D eigenvalue weighted by atomic mass is 9.86. The number of aromatic amines is 1. The van der Waals surface area contributed by atoms with E-state index >= 15 is 4.21 Å². The highest BCUT2D eigenvalue weighted by atomic mass is 32.2. The van der Waals surface area contributed by atoms with Crippen LogP contribution < -0.4 is 53.9 Å². The van der Waals surface area contributed by atoms with Crippen molar-refractivity contribution >= 4 is 98.4 Å². The number of Topliss-reactive ketones (excluding diaryl/α,β-unsaturated/α-hetero) is 1. The van der Waals surface area contributed by atoms with E-state index in [-0.39, 0.29) is 77.3 Å². The number of hydrazine groups is 2. The number of phenols is 1. The third kappa shape index (κ3) is 30.7. The third-order valence-corrected chi connectivity index (χ3v) is 20.7. The zero-order valence-corrected chi connectivity index (χ0v) is 64.1. The number of hydrogen-bond donors (Lipinski definition) is 16. The van der Waals surface area contributed by atoms with E-state index in [0.29, 0.717) is 118 Å². The molecule has 5 heterocycles. The quantitative estimate of drug-likeness (QED) is 0.0276. The smallest absolute Gasteiger partial charge is 0.304 e. The summed E-state index contributed by atoms with van der Waals surface area (Å²) < 4.78 is 65.6. The minimum atomic E-state index is -2.48. The van der Waals surface area contributed by atoms with Crippen molar-refractivity contribution in [3.05, 3.63) is 35.2 Å². The Kier molecular flexibility index (Phi) is 40.5. The molecular weight excluding hydrogens is 1490 g/mol. The lowest BCUT2D eigenvalue weighted by Gasteiger charge is -2.32. The highest BCUT2D eigenvalue weighted by Crippen LogP contribution is 2.36. The van der Waals surface area contributed by atoms with Crippen LogP contribution in [0.1, 0.15) is 70.9 Å². The first-order chi connectivity index (χ1) is 52.8. The zero-order valence-electron chi connectivity index (χ0n) is 62.5. The van der Waals surface area contributed by atoms with E-state index in [2.05, 4.69) is 53.2 Å². The Hall–Kier alpha value is -7.75. The molecular formula is C69H109N13O26S2. The van der Waals surface area contributed by atoms with E-state index in [1.165, 1.54) is 30.8 Å². The van der Waals surface area contributed by atoms with Gasteiger partial charge in [-0.3, -0.25) is 62.0 Å². The van der Waals surface area contributed by atoms with Crippen LogP contribution in [0.5, 0.6) is 5.75 Å². The number of carboxylic acid groups (broad SMARTS) is 1. The van der Waals surface area contributed by atoms with Gasteiger partial charge in [-0.15, -0.1) is 5.53 Å². The van der Waals surface area contributed by atoms with E-state index in [9.17, 15) is 73.2 Å². The van der Waals surface area contributed by atoms with E-state index in [1.54, 1.807) is 32.0 Å². The van der Waals surface area contributed by atoms with Gasteiger partial charge in [-0.05, 0) is 23.6 Å². The maximum atomic E-state index is 15.3. The lowest BCUT2D eigenvalue weighted by Crippen LogP contribution is -2.62. The number of aliphatic hydroxyl groups excluding tert-OH is 3. The van der Waals surface area contributed by atoms with E-state index < -0.39 is 194 Å². The largest absolute Gasteiger partial charge is 0.508 e. The second kappa shape index (κ2) is 48.9. The molecule has 4 aliphatic heterocycles. The number of aliphatic carboxylic acids is 1. The van der Waals surface area contributed by atoms with Crippen molar-refractivity contribution in [3.8, 4) is 5.75 Å². The third-order valence-electron chi connectivity index (χ3n) is 18.3. The molecule has 6 rings (SSSR count). The number of carbonyl (C=O) groups excluding carboxylic acids is 10. The van der Waals surface area contributed by atoms with Crippen LogP contribution in [0.2, 0.25) is 0 Å². The summed E-state index contributed by atoms with van der Waals surface area (Å²) in [5.74, 6) is -14.4. The SMILES string of the molecule is CC[C@H](C)[C@@H]1CC(=O)CNC(=O)[C@@H]2Cc3c([nH]c4c(CSCCOCCOCCOCCOCCOCCOCCOCCOCCOCCN5C=C(CNC(=O)C(C)CC(=O)O)NN5)c(O)ccc34)S(=O)C[C@@H](NC(=O)CNC1=O)C(=O)N[C@@H](CC(N)=O)C(=O)N1C[C@H](O)C[C@H]1C(=O)N[C@@H]([C@@H](C)[C@@H](O)CO)C(=O)N2. The van der Waals surface area contributed by atoms with Crippen LogP contribution >= 0.6 is 11.8 Å². The number of aromatic hydroxyl groups is 1. The number of ketones is 1. The normalized spacial score (nSPS) is 22.5. The minimum absolute atomic E-state index is 0.0612. The van der Waals surface area contributed by atoms with Crippen molar-refractivity contribution in [1.29, 1.82) is 0 Å². The number of phenolic OH excluding ortho intramolecular Hbond substituents is 1. The molecule has 9 amide bonds. The summed E-state index contributed by atoms with van der Waals surface area (Å²) in [4.78, 5) is 154. The number of carbonyl (C=O) groups is 11. The van der Waals surface area contributed by atoms with Gasteiger partial charge in [-0.25, -0.2) is 0 Å². The molecule has 0 radical (unpaired) electrons. The molecule has 2 bridgehead atoms. The molecule has 110 heavy (non-hydrogen) atoms. The van der Waals surface area contributed by atoms with Crippen molar-refractivity contribution < 1.29 is 125 Å². The highest BCUT2D eigenvalue weighted by molar-refractivity contribution is 7.98. The van der Waals surface area contributed by atoms with E-state index in [1.807, 2.05) is 0 Å². The Balaban J connectivity index is 0.957. The second-order valence-corrected chi connectivity index (χ2v) is 29.1. The van der Waals surface area contributed by atoms with Crippen molar-refractivity contribution in [2.75, 3.05) is 170 Å².